The van der Waals surface area contributed by atoms with Crippen LogP contribution in [0.15, 0.2) is 30.9 Å². The van der Waals surface area contributed by atoms with Crippen LogP contribution in [-0.4, -0.2) is 70.5 Å². The van der Waals surface area contributed by atoms with Crippen molar-refractivity contribution in [2.24, 2.45) is 0 Å². The van der Waals surface area contributed by atoms with E-state index in [1.54, 1.807) is 16.8 Å². The van der Waals surface area contributed by atoms with Gasteiger partial charge in [-0.1, -0.05) is 26.0 Å². The third-order valence-electron chi connectivity index (χ3n) is 5.10. The van der Waals surface area contributed by atoms with Crippen molar-refractivity contribution in [2.45, 2.75) is 51.2 Å². The maximum Gasteiger partial charge on any atom is 0.490 e. The first-order valence-electron chi connectivity index (χ1n) is 10.2. The van der Waals surface area contributed by atoms with E-state index in [1.807, 2.05) is 28.0 Å². The van der Waals surface area contributed by atoms with Crippen molar-refractivity contribution in [3.8, 4) is 0 Å². The molecule has 1 N–H and O–H groups in total. The maximum atomic E-state index is 12.7. The molecule has 1 saturated heterocycles. The number of likely N-dealkylation sites (tertiary alicyclic amines) is 1. The Morgan fingerprint density at radius 2 is 1.76 bits per heavy atom. The van der Waals surface area contributed by atoms with E-state index >= 15 is 0 Å². The highest BCUT2D eigenvalue weighted by Crippen LogP contribution is 2.25. The Hall–Kier alpha value is -3.51. The molecular formula is C20H24F3N7O3. The van der Waals surface area contributed by atoms with Crippen LogP contribution < -0.4 is 0 Å². The molecule has 0 unspecified atom stereocenters. The number of carboxylic acids is 1. The highest BCUT2D eigenvalue weighted by atomic mass is 19.4. The van der Waals surface area contributed by atoms with Gasteiger partial charge in [-0.3, -0.25) is 9.20 Å². The summed E-state index contributed by atoms with van der Waals surface area (Å²) in [5.74, 6) is -2.25. The van der Waals surface area contributed by atoms with Crippen molar-refractivity contribution < 1.29 is 27.9 Å². The normalized spacial score (nSPS) is 15.3. The van der Waals surface area contributed by atoms with Crippen LogP contribution in [-0.2, 0) is 10.2 Å². The molecule has 1 aliphatic rings. The Bertz CT molecular complexity index is 1090. The van der Waals surface area contributed by atoms with Gasteiger partial charge in [0.1, 0.15) is 5.69 Å². The van der Waals surface area contributed by atoms with E-state index in [9.17, 15) is 18.0 Å². The van der Waals surface area contributed by atoms with E-state index < -0.39 is 12.1 Å². The summed E-state index contributed by atoms with van der Waals surface area (Å²) in [6.07, 6.45) is 3.94. The lowest BCUT2D eigenvalue weighted by Gasteiger charge is -2.31. The minimum atomic E-state index is -5.08. The molecule has 0 spiro atoms. The number of amides is 1. The Balaban J connectivity index is 0.000000383. The number of hydrogen-bond acceptors (Lipinski definition) is 6. The number of nitrogens with zero attached hydrogens (tertiary/aromatic N) is 7. The van der Waals surface area contributed by atoms with E-state index in [0.29, 0.717) is 24.6 Å². The molecule has 0 saturated carbocycles. The standard InChI is InChI=1S/C18H23N7O.C2HF3O2/c1-18(2,3)15-12-25(22-21-15)13-5-9-23(10-6-13)16(26)14-11-24-8-4-7-19-17(24)20-14;3-2(4,5)1(6)7/h4,7-8,11-13H,5-6,9-10H2,1-3H3;(H,6,7). The molecule has 178 valence electrons. The van der Waals surface area contributed by atoms with Crippen molar-refractivity contribution in [1.29, 1.82) is 0 Å². The smallest absolute Gasteiger partial charge is 0.475 e. The van der Waals surface area contributed by atoms with Crippen molar-refractivity contribution in [2.75, 3.05) is 13.1 Å². The van der Waals surface area contributed by atoms with Gasteiger partial charge in [0, 0.05) is 43.3 Å². The minimum absolute atomic E-state index is 0.00786. The zero-order chi connectivity index (χ0) is 24.4. The Morgan fingerprint density at radius 3 is 2.27 bits per heavy atom. The van der Waals surface area contributed by atoms with E-state index in [4.69, 9.17) is 9.90 Å². The van der Waals surface area contributed by atoms with Gasteiger partial charge in [-0.2, -0.15) is 13.2 Å². The second kappa shape index (κ2) is 9.16. The molecule has 33 heavy (non-hydrogen) atoms. The summed E-state index contributed by atoms with van der Waals surface area (Å²) in [5, 5.41) is 15.7. The summed E-state index contributed by atoms with van der Waals surface area (Å²) in [7, 11) is 0. The fraction of sp³-hybridized carbons (Fsp3) is 0.500. The third-order valence-corrected chi connectivity index (χ3v) is 5.10. The van der Waals surface area contributed by atoms with Crippen LogP contribution in [0, 0.1) is 0 Å². The van der Waals surface area contributed by atoms with Crippen molar-refractivity contribution in [3.63, 3.8) is 0 Å². The first kappa shape index (κ1) is 24.1. The Kier molecular flexibility index (Phi) is 6.70. The lowest BCUT2D eigenvalue weighted by Crippen LogP contribution is -2.39. The van der Waals surface area contributed by atoms with E-state index in [0.717, 1.165) is 18.5 Å². The molecule has 1 amide bonds. The van der Waals surface area contributed by atoms with Gasteiger partial charge in [0.05, 0.1) is 11.7 Å². The number of carboxylic acid groups (broad SMARTS) is 1. The number of hydrogen-bond donors (Lipinski definition) is 1. The second-order valence-electron chi connectivity index (χ2n) is 8.61. The topological polar surface area (TPSA) is 119 Å². The van der Waals surface area contributed by atoms with Crippen molar-refractivity contribution >= 4 is 17.7 Å². The number of aliphatic carboxylic acids is 1. The number of rotatable bonds is 2. The summed E-state index contributed by atoms with van der Waals surface area (Å²) in [6.45, 7) is 7.77. The van der Waals surface area contributed by atoms with Crippen molar-refractivity contribution in [3.05, 3.63) is 42.2 Å². The largest absolute Gasteiger partial charge is 0.490 e. The fourth-order valence-electron chi connectivity index (χ4n) is 3.23. The van der Waals surface area contributed by atoms with E-state index in [2.05, 4.69) is 41.1 Å². The second-order valence-corrected chi connectivity index (χ2v) is 8.61. The molecule has 4 rings (SSSR count). The maximum absolute atomic E-state index is 12.7. The summed E-state index contributed by atoms with van der Waals surface area (Å²) in [4.78, 5) is 32.0. The molecule has 3 aromatic heterocycles. The van der Waals surface area contributed by atoms with Crippen LogP contribution in [0.1, 0.15) is 55.8 Å². The highest BCUT2D eigenvalue weighted by Gasteiger charge is 2.38. The molecule has 0 aliphatic carbocycles. The lowest BCUT2D eigenvalue weighted by molar-refractivity contribution is -0.192. The van der Waals surface area contributed by atoms with Crippen LogP contribution in [0.3, 0.4) is 0 Å². The monoisotopic (exact) mass is 467 g/mol. The van der Waals surface area contributed by atoms with Crippen LogP contribution in [0.5, 0.6) is 0 Å². The fourth-order valence-corrected chi connectivity index (χ4v) is 3.23. The predicted molar refractivity (Wildman–Crippen MR) is 110 cm³/mol. The molecule has 0 aromatic carbocycles. The third kappa shape index (κ3) is 5.84. The van der Waals surface area contributed by atoms with E-state index in [1.165, 1.54) is 0 Å². The molecule has 0 bridgehead atoms. The molecular weight excluding hydrogens is 443 g/mol. The number of fused-ring (bicyclic) bond motifs is 1. The van der Waals surface area contributed by atoms with Crippen LogP contribution in [0.25, 0.3) is 5.78 Å². The average molecular weight is 467 g/mol. The first-order valence-corrected chi connectivity index (χ1v) is 10.2. The summed E-state index contributed by atoms with van der Waals surface area (Å²) >= 11 is 0. The number of piperidine rings is 1. The number of alkyl halides is 3. The van der Waals surface area contributed by atoms with Crippen LogP contribution in [0.4, 0.5) is 13.2 Å². The number of halogens is 3. The number of carbonyl (C=O) groups excluding carboxylic acids is 1. The molecule has 4 heterocycles. The zero-order valence-corrected chi connectivity index (χ0v) is 18.3. The van der Waals surface area contributed by atoms with Gasteiger partial charge in [0.15, 0.2) is 0 Å². The quantitative estimate of drug-likeness (QED) is 0.616. The van der Waals surface area contributed by atoms with Gasteiger partial charge in [-0.25, -0.2) is 19.4 Å². The molecule has 10 nitrogen and oxygen atoms in total. The molecule has 1 fully saturated rings. The summed E-state index contributed by atoms with van der Waals surface area (Å²) in [5.41, 5.74) is 1.43. The van der Waals surface area contributed by atoms with Gasteiger partial charge in [-0.15, -0.1) is 5.10 Å². The van der Waals surface area contributed by atoms with Gasteiger partial charge in [0.2, 0.25) is 5.78 Å². The lowest BCUT2D eigenvalue weighted by atomic mass is 9.93. The summed E-state index contributed by atoms with van der Waals surface area (Å²) in [6, 6.07) is 2.10. The van der Waals surface area contributed by atoms with Gasteiger partial charge in [-0.05, 0) is 18.9 Å². The first-order chi connectivity index (χ1) is 15.4. The van der Waals surface area contributed by atoms with E-state index in [-0.39, 0.29) is 17.4 Å². The van der Waals surface area contributed by atoms with Gasteiger partial charge >= 0.3 is 12.1 Å². The predicted octanol–water partition coefficient (Wildman–Crippen LogP) is 2.73. The number of carbonyl (C=O) groups is 2. The SMILES string of the molecule is CC(C)(C)c1cn(C2CCN(C(=O)c3cn4cccnc4n3)CC2)nn1.O=C(O)C(F)(F)F. The Labute approximate surface area is 187 Å². The average Bonchev–Trinajstić information content (AvgIpc) is 3.40. The summed E-state index contributed by atoms with van der Waals surface area (Å²) < 4.78 is 35.5. The molecule has 1 aliphatic heterocycles. The highest BCUT2D eigenvalue weighted by molar-refractivity contribution is 5.92. The Morgan fingerprint density at radius 1 is 1.12 bits per heavy atom. The van der Waals surface area contributed by atoms with Crippen LogP contribution >= 0.6 is 0 Å². The van der Waals surface area contributed by atoms with Gasteiger partial charge < -0.3 is 10.0 Å². The number of aromatic nitrogens is 6. The van der Waals surface area contributed by atoms with Crippen LogP contribution in [0.2, 0.25) is 0 Å². The van der Waals surface area contributed by atoms with Crippen molar-refractivity contribution in [1.82, 2.24) is 34.3 Å². The zero-order valence-electron chi connectivity index (χ0n) is 18.3. The molecule has 0 radical (unpaired) electrons. The molecule has 13 heteroatoms. The molecule has 0 atom stereocenters. The minimum Gasteiger partial charge on any atom is -0.475 e. The molecule has 3 aromatic rings. The number of imidazole rings is 1. The van der Waals surface area contributed by atoms with Gasteiger partial charge in [0.25, 0.3) is 5.91 Å².